The number of amides is 2. The lowest BCUT2D eigenvalue weighted by Crippen LogP contribution is -2.36. The first-order valence-corrected chi connectivity index (χ1v) is 11.3. The van der Waals surface area contributed by atoms with Crippen molar-refractivity contribution in [2.24, 2.45) is 0 Å². The van der Waals surface area contributed by atoms with Gasteiger partial charge in [-0.25, -0.2) is 26.4 Å². The van der Waals surface area contributed by atoms with Crippen LogP contribution in [0.25, 0.3) is 6.08 Å². The molecule has 1 aliphatic rings. The maximum atomic E-state index is 12.4. The summed E-state index contributed by atoms with van der Waals surface area (Å²) in [5.41, 5.74) is 0.473. The summed E-state index contributed by atoms with van der Waals surface area (Å²) in [5.74, 6) is -0.656. The summed E-state index contributed by atoms with van der Waals surface area (Å²) >= 11 is 0. The van der Waals surface area contributed by atoms with Gasteiger partial charge in [-0.2, -0.15) is 15.0 Å². The third kappa shape index (κ3) is 4.35. The van der Waals surface area contributed by atoms with E-state index in [1.54, 1.807) is 12.1 Å². The number of ether oxygens (including phenoxy) is 1. The Morgan fingerprint density at radius 3 is 2.59 bits per heavy atom. The van der Waals surface area contributed by atoms with Gasteiger partial charge in [0.1, 0.15) is 5.82 Å². The molecule has 11 nitrogen and oxygen atoms in total. The van der Waals surface area contributed by atoms with E-state index in [1.165, 1.54) is 33.1 Å². The van der Waals surface area contributed by atoms with Gasteiger partial charge >= 0.3 is 12.0 Å². The van der Waals surface area contributed by atoms with Crippen molar-refractivity contribution in [3.63, 3.8) is 0 Å². The molecule has 0 radical (unpaired) electrons. The molecule has 0 atom stereocenters. The second-order valence-electron chi connectivity index (χ2n) is 6.10. The number of sulfonamides is 1. The standard InChI is InChI=1S/C16H17N5O6S2/c1-9-7-11-5-4-6-12(13(11)29(9,25)26)8-28(23,24)21-15(22)19-14-17-10(2)18-16(20-14)27-3/h4-7H,8H2,1-3H3,(H2,17,18,19,20,21,22). The van der Waals surface area contributed by atoms with Crippen LogP contribution in [0.15, 0.2) is 28.0 Å². The first-order chi connectivity index (χ1) is 13.5. The molecule has 154 valence electrons. The quantitative estimate of drug-likeness (QED) is 0.693. The summed E-state index contributed by atoms with van der Waals surface area (Å²) in [6, 6.07) is 3.36. The Morgan fingerprint density at radius 2 is 1.90 bits per heavy atom. The third-order valence-electron chi connectivity index (χ3n) is 3.91. The van der Waals surface area contributed by atoms with E-state index in [0.29, 0.717) is 5.56 Å². The van der Waals surface area contributed by atoms with E-state index >= 15 is 0 Å². The number of sulfone groups is 1. The highest BCUT2D eigenvalue weighted by molar-refractivity contribution is 7.96. The number of nitrogens with one attached hydrogen (secondary N) is 2. The van der Waals surface area contributed by atoms with Crippen molar-refractivity contribution < 1.29 is 26.4 Å². The highest BCUT2D eigenvalue weighted by Crippen LogP contribution is 2.35. The SMILES string of the molecule is COc1nc(C)nc(NC(=O)NS(=O)(=O)Cc2cccc3c2S(=O)(=O)C(C)=C3)n1. The van der Waals surface area contributed by atoms with Crippen molar-refractivity contribution in [2.45, 2.75) is 24.5 Å². The fourth-order valence-corrected chi connectivity index (χ4v) is 5.40. The molecule has 2 aromatic rings. The fourth-order valence-electron chi connectivity index (χ4n) is 2.73. The van der Waals surface area contributed by atoms with E-state index in [1.807, 2.05) is 4.72 Å². The Morgan fingerprint density at radius 1 is 1.17 bits per heavy atom. The van der Waals surface area contributed by atoms with Gasteiger partial charge in [-0.1, -0.05) is 18.2 Å². The average Bonchev–Trinajstić information content (AvgIpc) is 2.83. The molecule has 2 N–H and O–H groups in total. The summed E-state index contributed by atoms with van der Waals surface area (Å²) in [5, 5.41) is 2.18. The molecule has 0 bridgehead atoms. The Hall–Kier alpha value is -3.06. The van der Waals surface area contributed by atoms with Crippen LogP contribution < -0.4 is 14.8 Å². The molecule has 13 heteroatoms. The van der Waals surface area contributed by atoms with Crippen LogP contribution in [-0.2, 0) is 25.6 Å². The number of methoxy groups -OCH3 is 1. The monoisotopic (exact) mass is 439 g/mol. The smallest absolute Gasteiger partial charge is 0.335 e. The molecule has 1 aromatic carbocycles. The molecule has 0 aliphatic carbocycles. The van der Waals surface area contributed by atoms with Crippen LogP contribution in [0.3, 0.4) is 0 Å². The van der Waals surface area contributed by atoms with Gasteiger partial charge in [-0.15, -0.1) is 0 Å². The van der Waals surface area contributed by atoms with E-state index < -0.39 is 31.6 Å². The van der Waals surface area contributed by atoms with Crippen LogP contribution >= 0.6 is 0 Å². The maximum absolute atomic E-state index is 12.4. The number of aromatic nitrogens is 3. The van der Waals surface area contributed by atoms with Crippen LogP contribution in [-0.4, -0.2) is 44.9 Å². The number of anilines is 1. The average molecular weight is 439 g/mol. The number of aryl methyl sites for hydroxylation is 1. The number of carbonyl (C=O) groups is 1. The molecule has 1 aliphatic heterocycles. The minimum absolute atomic E-state index is 0.0522. The van der Waals surface area contributed by atoms with Gasteiger partial charge in [-0.05, 0) is 31.1 Å². The summed E-state index contributed by atoms with van der Waals surface area (Å²) in [6.45, 7) is 2.97. The second kappa shape index (κ2) is 7.40. The van der Waals surface area contributed by atoms with E-state index in [0.717, 1.165) is 0 Å². The number of hydrogen-bond donors (Lipinski definition) is 2. The van der Waals surface area contributed by atoms with Crippen molar-refractivity contribution in [3.05, 3.63) is 40.1 Å². The lowest BCUT2D eigenvalue weighted by molar-refractivity contribution is 0.256. The van der Waals surface area contributed by atoms with Crippen LogP contribution in [0.2, 0.25) is 0 Å². The minimum atomic E-state index is -4.22. The van der Waals surface area contributed by atoms with E-state index in [9.17, 15) is 21.6 Å². The lowest BCUT2D eigenvalue weighted by atomic mass is 10.1. The van der Waals surface area contributed by atoms with Crippen LogP contribution in [0.1, 0.15) is 23.9 Å². The van der Waals surface area contributed by atoms with Gasteiger partial charge in [0.15, 0.2) is 0 Å². The fraction of sp³-hybridized carbons (Fsp3) is 0.250. The first kappa shape index (κ1) is 20.7. The van der Waals surface area contributed by atoms with Gasteiger partial charge in [0.25, 0.3) is 0 Å². The Labute approximate surface area is 167 Å². The zero-order valence-electron chi connectivity index (χ0n) is 15.6. The molecule has 3 rings (SSSR count). The van der Waals surface area contributed by atoms with Crippen LogP contribution in [0.5, 0.6) is 6.01 Å². The van der Waals surface area contributed by atoms with E-state index in [-0.39, 0.29) is 33.1 Å². The molecule has 1 aromatic heterocycles. The van der Waals surface area contributed by atoms with E-state index in [4.69, 9.17) is 4.74 Å². The molecular formula is C16H17N5O6S2. The number of urea groups is 1. The van der Waals surface area contributed by atoms with Gasteiger partial charge in [0.05, 0.1) is 17.8 Å². The topological polar surface area (TPSA) is 157 Å². The zero-order valence-corrected chi connectivity index (χ0v) is 17.3. The molecule has 29 heavy (non-hydrogen) atoms. The number of rotatable bonds is 5. The second-order valence-corrected chi connectivity index (χ2v) is 9.88. The highest BCUT2D eigenvalue weighted by Gasteiger charge is 2.31. The number of fused-ring (bicyclic) bond motifs is 1. The van der Waals surface area contributed by atoms with Gasteiger partial charge in [-0.3, -0.25) is 5.32 Å². The van der Waals surface area contributed by atoms with Crippen molar-refractivity contribution in [1.29, 1.82) is 0 Å². The predicted molar refractivity (Wildman–Crippen MR) is 103 cm³/mol. The van der Waals surface area contributed by atoms with Crippen LogP contribution in [0.4, 0.5) is 10.7 Å². The summed E-state index contributed by atoms with van der Waals surface area (Å²) < 4.78 is 56.4. The molecule has 0 saturated heterocycles. The summed E-state index contributed by atoms with van der Waals surface area (Å²) in [6.07, 6.45) is 1.47. The Bertz CT molecular complexity index is 1240. The van der Waals surface area contributed by atoms with Crippen molar-refractivity contribution >= 4 is 37.9 Å². The largest absolute Gasteiger partial charge is 0.467 e. The highest BCUT2D eigenvalue weighted by atomic mass is 32.2. The predicted octanol–water partition coefficient (Wildman–Crippen LogP) is 0.988. The van der Waals surface area contributed by atoms with Gasteiger partial charge in [0, 0.05) is 4.91 Å². The van der Waals surface area contributed by atoms with Crippen molar-refractivity contribution in [3.8, 4) is 6.01 Å². The number of benzene rings is 1. The zero-order chi connectivity index (χ0) is 21.4. The van der Waals surface area contributed by atoms with Crippen molar-refractivity contribution in [2.75, 3.05) is 12.4 Å². The first-order valence-electron chi connectivity index (χ1n) is 8.15. The van der Waals surface area contributed by atoms with Crippen molar-refractivity contribution in [1.82, 2.24) is 19.7 Å². The summed E-state index contributed by atoms with van der Waals surface area (Å²) in [7, 11) is -6.64. The van der Waals surface area contributed by atoms with Crippen LogP contribution in [0, 0.1) is 6.92 Å². The maximum Gasteiger partial charge on any atom is 0.335 e. The van der Waals surface area contributed by atoms with Gasteiger partial charge < -0.3 is 4.74 Å². The lowest BCUT2D eigenvalue weighted by Gasteiger charge is -2.11. The number of carbonyl (C=O) groups excluding carboxylic acids is 1. The number of hydrogen-bond acceptors (Lipinski definition) is 9. The Kier molecular flexibility index (Phi) is 5.28. The van der Waals surface area contributed by atoms with E-state index in [2.05, 4.69) is 20.3 Å². The molecule has 2 amide bonds. The molecule has 0 saturated carbocycles. The normalized spacial score (nSPS) is 14.7. The molecule has 0 unspecified atom stereocenters. The minimum Gasteiger partial charge on any atom is -0.467 e. The van der Waals surface area contributed by atoms with Gasteiger partial charge in [0.2, 0.25) is 25.8 Å². The molecule has 2 heterocycles. The molecular weight excluding hydrogens is 422 g/mol. The number of allylic oxidation sites excluding steroid dienone is 1. The summed E-state index contributed by atoms with van der Waals surface area (Å²) in [4.78, 5) is 23.6. The third-order valence-corrected chi connectivity index (χ3v) is 7.10. The molecule has 0 spiro atoms. The molecule has 0 fully saturated rings. The number of nitrogens with zero attached hydrogens (tertiary/aromatic N) is 3. The Balaban J connectivity index is 1.78.